The van der Waals surface area contributed by atoms with Crippen LogP contribution in [-0.4, -0.2) is 18.0 Å². The minimum atomic E-state index is -0.220. The molecule has 2 atom stereocenters. The molecule has 2 unspecified atom stereocenters. The Morgan fingerprint density at radius 2 is 1.93 bits per heavy atom. The lowest BCUT2D eigenvalue weighted by Gasteiger charge is -2.09. The number of hydrogen-bond donors (Lipinski definition) is 0. The van der Waals surface area contributed by atoms with E-state index in [0.717, 1.165) is 18.4 Å². The van der Waals surface area contributed by atoms with Gasteiger partial charge in [0.1, 0.15) is 6.10 Å². The van der Waals surface area contributed by atoms with Gasteiger partial charge in [0.05, 0.1) is 6.10 Å². The molecule has 2 rings (SSSR count). The van der Waals surface area contributed by atoms with Crippen molar-refractivity contribution in [3.8, 4) is 0 Å². The third-order valence-electron chi connectivity index (χ3n) is 2.86. The van der Waals surface area contributed by atoms with Gasteiger partial charge in [0.2, 0.25) is 0 Å². The average molecular weight is 204 g/mol. The van der Waals surface area contributed by atoms with Crippen molar-refractivity contribution in [1.29, 1.82) is 0 Å². The zero-order valence-electron chi connectivity index (χ0n) is 9.19. The molecule has 1 aromatic carbocycles. The van der Waals surface area contributed by atoms with Gasteiger partial charge in [-0.1, -0.05) is 29.8 Å². The van der Waals surface area contributed by atoms with E-state index in [0.29, 0.717) is 0 Å². The van der Waals surface area contributed by atoms with Crippen LogP contribution in [0.5, 0.6) is 0 Å². The van der Waals surface area contributed by atoms with Gasteiger partial charge in [0.15, 0.2) is 5.78 Å². The molecule has 0 amide bonds. The average Bonchev–Trinajstić information content (AvgIpc) is 2.65. The third kappa shape index (κ3) is 2.26. The summed E-state index contributed by atoms with van der Waals surface area (Å²) in [6.07, 6.45) is 1.85. The van der Waals surface area contributed by atoms with Crippen LogP contribution in [0, 0.1) is 6.92 Å². The van der Waals surface area contributed by atoms with Crippen LogP contribution in [0.15, 0.2) is 24.3 Å². The lowest BCUT2D eigenvalue weighted by Crippen LogP contribution is -2.20. The summed E-state index contributed by atoms with van der Waals surface area (Å²) in [6.45, 7) is 4.03. The predicted octanol–water partition coefficient (Wildman–Crippen LogP) is 2.75. The van der Waals surface area contributed by atoms with Gasteiger partial charge >= 0.3 is 0 Å². The predicted molar refractivity (Wildman–Crippen MR) is 59.1 cm³/mol. The molecule has 0 saturated carbocycles. The molecule has 80 valence electrons. The van der Waals surface area contributed by atoms with E-state index in [-0.39, 0.29) is 18.0 Å². The minimum absolute atomic E-state index is 0.124. The molecule has 1 heterocycles. The summed E-state index contributed by atoms with van der Waals surface area (Å²) in [7, 11) is 0. The molecule has 1 aliphatic rings. The van der Waals surface area contributed by atoms with Gasteiger partial charge < -0.3 is 4.74 Å². The molecule has 1 aromatic rings. The molecule has 2 nitrogen and oxygen atoms in total. The molecule has 1 saturated heterocycles. The second-order valence-corrected chi connectivity index (χ2v) is 4.24. The quantitative estimate of drug-likeness (QED) is 0.692. The number of aryl methyl sites for hydroxylation is 1. The summed E-state index contributed by atoms with van der Waals surface area (Å²) in [4.78, 5) is 12.0. The number of carbonyl (C=O) groups excluding carboxylic acids is 1. The van der Waals surface area contributed by atoms with E-state index in [4.69, 9.17) is 4.74 Å². The highest BCUT2D eigenvalue weighted by atomic mass is 16.5. The molecule has 0 aliphatic carbocycles. The van der Waals surface area contributed by atoms with Crippen molar-refractivity contribution in [2.24, 2.45) is 0 Å². The van der Waals surface area contributed by atoms with Gasteiger partial charge in [-0.3, -0.25) is 4.79 Å². The van der Waals surface area contributed by atoms with E-state index in [9.17, 15) is 4.79 Å². The Bertz CT molecular complexity index is 353. The van der Waals surface area contributed by atoms with E-state index in [1.54, 1.807) is 0 Å². The minimum Gasteiger partial charge on any atom is -0.367 e. The Balaban J connectivity index is 2.11. The number of hydrogen-bond acceptors (Lipinski definition) is 2. The maximum atomic E-state index is 12.0. The summed E-state index contributed by atoms with van der Waals surface area (Å²) in [5, 5.41) is 0. The van der Waals surface area contributed by atoms with Gasteiger partial charge in [-0.25, -0.2) is 0 Å². The van der Waals surface area contributed by atoms with Crippen molar-refractivity contribution < 1.29 is 9.53 Å². The number of Topliss-reactive ketones (excluding diaryl/α,β-unsaturated/α-hetero) is 1. The standard InChI is InChI=1S/C13H16O2/c1-9-3-6-11(7-4-9)13(14)12-8-5-10(2)15-12/h3-4,6-7,10,12H,5,8H2,1-2H3. The zero-order chi connectivity index (χ0) is 10.8. The third-order valence-corrected chi connectivity index (χ3v) is 2.86. The first-order valence-corrected chi connectivity index (χ1v) is 5.43. The molecular weight excluding hydrogens is 188 g/mol. The largest absolute Gasteiger partial charge is 0.367 e. The smallest absolute Gasteiger partial charge is 0.191 e. The molecule has 0 radical (unpaired) electrons. The zero-order valence-corrected chi connectivity index (χ0v) is 9.19. The van der Waals surface area contributed by atoms with E-state index < -0.39 is 0 Å². The summed E-state index contributed by atoms with van der Waals surface area (Å²) in [6, 6.07) is 7.69. The van der Waals surface area contributed by atoms with Crippen LogP contribution in [0.3, 0.4) is 0 Å². The number of rotatable bonds is 2. The number of carbonyl (C=O) groups is 1. The fraction of sp³-hybridized carbons (Fsp3) is 0.462. The van der Waals surface area contributed by atoms with Crippen LogP contribution in [0.1, 0.15) is 35.7 Å². The molecule has 1 aliphatic heterocycles. The maximum Gasteiger partial charge on any atom is 0.191 e. The van der Waals surface area contributed by atoms with Crippen LogP contribution in [0.25, 0.3) is 0 Å². The Morgan fingerprint density at radius 3 is 2.47 bits per heavy atom. The molecular formula is C13H16O2. The number of benzene rings is 1. The van der Waals surface area contributed by atoms with Gasteiger partial charge in [-0.15, -0.1) is 0 Å². The van der Waals surface area contributed by atoms with Gasteiger partial charge in [-0.05, 0) is 26.7 Å². The first-order valence-electron chi connectivity index (χ1n) is 5.43. The molecule has 0 spiro atoms. The van der Waals surface area contributed by atoms with E-state index >= 15 is 0 Å². The topological polar surface area (TPSA) is 26.3 Å². The Morgan fingerprint density at radius 1 is 1.27 bits per heavy atom. The van der Waals surface area contributed by atoms with Crippen LogP contribution < -0.4 is 0 Å². The number of ketones is 1. The van der Waals surface area contributed by atoms with Crippen LogP contribution in [0.4, 0.5) is 0 Å². The fourth-order valence-corrected chi connectivity index (χ4v) is 1.90. The lowest BCUT2D eigenvalue weighted by atomic mass is 10.0. The molecule has 0 aromatic heterocycles. The number of ether oxygens (including phenoxy) is 1. The van der Waals surface area contributed by atoms with E-state index in [1.165, 1.54) is 5.56 Å². The SMILES string of the molecule is Cc1ccc(C(=O)C2CCC(C)O2)cc1. The monoisotopic (exact) mass is 204 g/mol. The van der Waals surface area contributed by atoms with E-state index in [1.807, 2.05) is 38.1 Å². The van der Waals surface area contributed by atoms with Crippen molar-refractivity contribution in [1.82, 2.24) is 0 Å². The summed E-state index contributed by atoms with van der Waals surface area (Å²) < 4.78 is 5.56. The van der Waals surface area contributed by atoms with Crippen molar-refractivity contribution in [2.45, 2.75) is 38.9 Å². The highest BCUT2D eigenvalue weighted by Gasteiger charge is 2.28. The lowest BCUT2D eigenvalue weighted by molar-refractivity contribution is 0.0433. The molecule has 2 heteroatoms. The molecule has 0 bridgehead atoms. The first kappa shape index (κ1) is 10.4. The van der Waals surface area contributed by atoms with Crippen molar-refractivity contribution >= 4 is 5.78 Å². The Kier molecular flexibility index (Phi) is 2.87. The van der Waals surface area contributed by atoms with Crippen molar-refractivity contribution in [3.63, 3.8) is 0 Å². The van der Waals surface area contributed by atoms with Crippen LogP contribution >= 0.6 is 0 Å². The van der Waals surface area contributed by atoms with Crippen LogP contribution in [-0.2, 0) is 4.74 Å². The van der Waals surface area contributed by atoms with Gasteiger partial charge in [0.25, 0.3) is 0 Å². The Hall–Kier alpha value is -1.15. The van der Waals surface area contributed by atoms with Crippen molar-refractivity contribution in [3.05, 3.63) is 35.4 Å². The molecule has 1 fully saturated rings. The van der Waals surface area contributed by atoms with Crippen LogP contribution in [0.2, 0.25) is 0 Å². The first-order chi connectivity index (χ1) is 7.16. The van der Waals surface area contributed by atoms with E-state index in [2.05, 4.69) is 0 Å². The Labute approximate surface area is 90.3 Å². The highest BCUT2D eigenvalue weighted by molar-refractivity contribution is 5.99. The normalized spacial score (nSPS) is 25.5. The van der Waals surface area contributed by atoms with Gasteiger partial charge in [0, 0.05) is 5.56 Å². The van der Waals surface area contributed by atoms with Gasteiger partial charge in [-0.2, -0.15) is 0 Å². The summed E-state index contributed by atoms with van der Waals surface area (Å²) in [5.74, 6) is 0.124. The highest BCUT2D eigenvalue weighted by Crippen LogP contribution is 2.22. The second kappa shape index (κ2) is 4.15. The summed E-state index contributed by atoms with van der Waals surface area (Å²) >= 11 is 0. The second-order valence-electron chi connectivity index (χ2n) is 4.24. The molecule has 0 N–H and O–H groups in total. The maximum absolute atomic E-state index is 12.0. The molecule has 15 heavy (non-hydrogen) atoms. The fourth-order valence-electron chi connectivity index (χ4n) is 1.90. The summed E-state index contributed by atoms with van der Waals surface area (Å²) in [5.41, 5.74) is 1.94. The van der Waals surface area contributed by atoms with Crippen molar-refractivity contribution in [2.75, 3.05) is 0 Å².